The zero-order valence-electron chi connectivity index (χ0n) is 4.73. The summed E-state index contributed by atoms with van der Waals surface area (Å²) in [5.74, 6) is 0. The fourth-order valence-electron chi connectivity index (χ4n) is 0.822. The summed E-state index contributed by atoms with van der Waals surface area (Å²) in [6, 6.07) is 0. The predicted octanol–water partition coefficient (Wildman–Crippen LogP) is 1.99. The van der Waals surface area contributed by atoms with Gasteiger partial charge < -0.3 is 0 Å². The van der Waals surface area contributed by atoms with Crippen molar-refractivity contribution in [2.75, 3.05) is 0 Å². The molecule has 0 nitrogen and oxygen atoms in total. The third-order valence-corrected chi connectivity index (χ3v) is 2.21. The van der Waals surface area contributed by atoms with Crippen LogP contribution >= 0.6 is 15.9 Å². The van der Waals surface area contributed by atoms with Crippen molar-refractivity contribution in [1.82, 2.24) is 0 Å². The van der Waals surface area contributed by atoms with Crippen molar-refractivity contribution < 1.29 is 0 Å². The molecule has 0 saturated carbocycles. The molecule has 0 aromatic rings. The van der Waals surface area contributed by atoms with E-state index in [9.17, 15) is 0 Å². The minimum atomic E-state index is 0.676. The van der Waals surface area contributed by atoms with E-state index >= 15 is 0 Å². The van der Waals surface area contributed by atoms with Crippen molar-refractivity contribution in [2.24, 2.45) is 0 Å². The summed E-state index contributed by atoms with van der Waals surface area (Å²) in [4.78, 5) is 0.676. The van der Waals surface area contributed by atoms with Gasteiger partial charge in [0.25, 0.3) is 0 Å². The van der Waals surface area contributed by atoms with Gasteiger partial charge in [-0.25, -0.2) is 0 Å². The summed E-state index contributed by atoms with van der Waals surface area (Å²) < 4.78 is 0. The molecule has 0 spiro atoms. The van der Waals surface area contributed by atoms with Gasteiger partial charge in [0.05, 0.1) is 0 Å². The zero-order chi connectivity index (χ0) is 5.98. The first-order valence-electron chi connectivity index (χ1n) is 2.87. The summed E-state index contributed by atoms with van der Waals surface area (Å²) >= 11 is 3.52. The van der Waals surface area contributed by atoms with Gasteiger partial charge in [0.1, 0.15) is 7.85 Å². The Labute approximate surface area is 59.9 Å². The lowest BCUT2D eigenvalue weighted by molar-refractivity contribution is 0.750. The highest BCUT2D eigenvalue weighted by Gasteiger charge is 2.06. The summed E-state index contributed by atoms with van der Waals surface area (Å²) in [6.45, 7) is 0. The van der Waals surface area contributed by atoms with Gasteiger partial charge in [-0.1, -0.05) is 22.0 Å². The Morgan fingerprint density at radius 1 is 1.75 bits per heavy atom. The first-order valence-corrected chi connectivity index (χ1v) is 3.79. The van der Waals surface area contributed by atoms with Crippen molar-refractivity contribution in [1.29, 1.82) is 0 Å². The van der Waals surface area contributed by atoms with Crippen LogP contribution < -0.4 is 0 Å². The second-order valence-corrected chi connectivity index (χ2v) is 3.45. The molecule has 0 aliphatic heterocycles. The predicted molar refractivity (Wildman–Crippen MR) is 40.4 cm³/mol. The van der Waals surface area contributed by atoms with Crippen LogP contribution in [-0.2, 0) is 0 Å². The lowest BCUT2D eigenvalue weighted by Crippen LogP contribution is -2.02. The molecule has 8 heavy (non-hydrogen) atoms. The number of allylic oxidation sites excluding steroid dienone is 2. The maximum atomic E-state index is 5.54. The molecule has 42 valence electrons. The smallest absolute Gasteiger partial charge is 0.107 e. The van der Waals surface area contributed by atoms with Crippen LogP contribution in [0.2, 0.25) is 0 Å². The maximum absolute atomic E-state index is 5.54. The first-order chi connectivity index (χ1) is 3.79. The standard InChI is InChI=1S/C6H8BBr/c7-5-1-3-6(8)4-2-5/h1,6H,2-4H2. The Kier molecular flexibility index (Phi) is 2.18. The van der Waals surface area contributed by atoms with E-state index in [1.165, 1.54) is 6.42 Å². The second-order valence-electron chi connectivity index (χ2n) is 2.15. The van der Waals surface area contributed by atoms with E-state index < -0.39 is 0 Å². The molecule has 0 heterocycles. The Bertz CT molecular complexity index is 109. The number of hydrogen-bond donors (Lipinski definition) is 0. The SMILES string of the molecule is [B]C1=CCC(Br)CC1. The Morgan fingerprint density at radius 3 is 2.88 bits per heavy atom. The van der Waals surface area contributed by atoms with Crippen molar-refractivity contribution in [3.8, 4) is 0 Å². The molecular formula is C6H8BBr. The van der Waals surface area contributed by atoms with Gasteiger partial charge in [0, 0.05) is 4.83 Å². The van der Waals surface area contributed by atoms with E-state index in [2.05, 4.69) is 22.0 Å². The van der Waals surface area contributed by atoms with E-state index in [4.69, 9.17) is 7.85 Å². The molecule has 0 saturated heterocycles. The molecule has 1 rings (SSSR count). The molecule has 2 heteroatoms. The van der Waals surface area contributed by atoms with Gasteiger partial charge >= 0.3 is 0 Å². The van der Waals surface area contributed by atoms with E-state index in [1.807, 2.05) is 0 Å². The molecule has 1 unspecified atom stereocenters. The fourth-order valence-corrected chi connectivity index (χ4v) is 1.24. The quantitative estimate of drug-likeness (QED) is 0.386. The average Bonchev–Trinajstić information content (AvgIpc) is 1.77. The van der Waals surface area contributed by atoms with Crippen LogP contribution in [0.1, 0.15) is 19.3 Å². The summed E-state index contributed by atoms with van der Waals surface area (Å²) in [5, 5.41) is 0. The van der Waals surface area contributed by atoms with Gasteiger partial charge in [-0.15, -0.1) is 5.47 Å². The Balaban J connectivity index is 2.42. The highest BCUT2D eigenvalue weighted by Crippen LogP contribution is 2.21. The normalized spacial score (nSPS) is 29.6. The molecule has 1 aliphatic rings. The minimum absolute atomic E-state index is 0.676. The van der Waals surface area contributed by atoms with E-state index in [-0.39, 0.29) is 0 Å². The Hall–Kier alpha value is 0.285. The van der Waals surface area contributed by atoms with Crippen molar-refractivity contribution >= 4 is 23.8 Å². The highest BCUT2D eigenvalue weighted by atomic mass is 79.9. The largest absolute Gasteiger partial charge is 0.122 e. The summed E-state index contributed by atoms with van der Waals surface area (Å²) in [5.41, 5.74) is 1.06. The number of alkyl halides is 1. The van der Waals surface area contributed by atoms with E-state index in [1.54, 1.807) is 0 Å². The van der Waals surface area contributed by atoms with Crippen molar-refractivity contribution in [2.45, 2.75) is 24.1 Å². The first kappa shape index (κ1) is 6.41. The highest BCUT2D eigenvalue weighted by molar-refractivity contribution is 9.09. The lowest BCUT2D eigenvalue weighted by Gasteiger charge is -2.13. The minimum Gasteiger partial charge on any atom is -0.122 e. The van der Waals surface area contributed by atoms with Crippen LogP contribution in [0, 0.1) is 0 Å². The molecule has 0 N–H and O–H groups in total. The van der Waals surface area contributed by atoms with Crippen LogP contribution in [0.15, 0.2) is 11.5 Å². The lowest BCUT2D eigenvalue weighted by atomic mass is 9.86. The van der Waals surface area contributed by atoms with Crippen LogP contribution in [0.5, 0.6) is 0 Å². The zero-order valence-corrected chi connectivity index (χ0v) is 6.32. The molecule has 1 atom stereocenters. The van der Waals surface area contributed by atoms with Crippen LogP contribution in [0.25, 0.3) is 0 Å². The molecule has 0 bridgehead atoms. The van der Waals surface area contributed by atoms with Gasteiger partial charge in [0.2, 0.25) is 0 Å². The second kappa shape index (κ2) is 2.72. The van der Waals surface area contributed by atoms with Gasteiger partial charge in [-0.3, -0.25) is 0 Å². The van der Waals surface area contributed by atoms with E-state index in [0.29, 0.717) is 4.83 Å². The van der Waals surface area contributed by atoms with Crippen molar-refractivity contribution in [3.05, 3.63) is 11.5 Å². The van der Waals surface area contributed by atoms with Gasteiger partial charge in [-0.2, -0.15) is 0 Å². The fraction of sp³-hybridized carbons (Fsp3) is 0.667. The molecule has 2 radical (unpaired) electrons. The van der Waals surface area contributed by atoms with E-state index in [0.717, 1.165) is 18.3 Å². The van der Waals surface area contributed by atoms with Crippen LogP contribution in [0.3, 0.4) is 0 Å². The topological polar surface area (TPSA) is 0 Å². The van der Waals surface area contributed by atoms with Crippen molar-refractivity contribution in [3.63, 3.8) is 0 Å². The Morgan fingerprint density at radius 2 is 2.50 bits per heavy atom. The van der Waals surface area contributed by atoms with Gasteiger partial charge in [0.15, 0.2) is 0 Å². The monoisotopic (exact) mass is 170 g/mol. The number of hydrogen-bond acceptors (Lipinski definition) is 0. The molecule has 0 amide bonds. The van der Waals surface area contributed by atoms with Crippen LogP contribution in [-0.4, -0.2) is 12.7 Å². The summed E-state index contributed by atoms with van der Waals surface area (Å²) in [7, 11) is 5.54. The van der Waals surface area contributed by atoms with Gasteiger partial charge in [-0.05, 0) is 19.3 Å². The number of rotatable bonds is 0. The molecular weight excluding hydrogens is 163 g/mol. The third-order valence-electron chi connectivity index (χ3n) is 1.38. The van der Waals surface area contributed by atoms with Crippen LogP contribution in [0.4, 0.5) is 0 Å². The average molecular weight is 171 g/mol. The third kappa shape index (κ3) is 1.66. The summed E-state index contributed by atoms with van der Waals surface area (Å²) in [6.07, 6.45) is 5.47. The number of halogens is 1. The maximum Gasteiger partial charge on any atom is 0.107 e. The molecule has 0 aromatic heterocycles. The molecule has 0 aromatic carbocycles. The molecule has 1 aliphatic carbocycles. The molecule has 0 fully saturated rings.